The number of pyridine rings is 1. The summed E-state index contributed by atoms with van der Waals surface area (Å²) < 4.78 is 0. The Morgan fingerprint density at radius 3 is 2.33 bits per heavy atom. The summed E-state index contributed by atoms with van der Waals surface area (Å²) in [6, 6.07) is 16.6. The van der Waals surface area contributed by atoms with Crippen LogP contribution in [-0.4, -0.2) is 22.8 Å². The fraction of sp³-hybridized carbons (Fsp3) is 0.208. The number of amides is 2. The van der Waals surface area contributed by atoms with Crippen LogP contribution in [-0.2, 0) is 0 Å². The van der Waals surface area contributed by atoms with Gasteiger partial charge in [0, 0.05) is 28.4 Å². The molecule has 1 aromatic heterocycles. The first-order valence-electron chi connectivity index (χ1n) is 9.76. The number of anilines is 1. The van der Waals surface area contributed by atoms with Crippen LogP contribution in [0.4, 0.5) is 5.69 Å². The van der Waals surface area contributed by atoms with E-state index < -0.39 is 0 Å². The van der Waals surface area contributed by atoms with Crippen molar-refractivity contribution in [1.29, 1.82) is 0 Å². The molecule has 5 nitrogen and oxygen atoms in total. The maximum absolute atomic E-state index is 12.9. The predicted octanol–water partition coefficient (Wildman–Crippen LogP) is 5.24. The van der Waals surface area contributed by atoms with Gasteiger partial charge in [0.1, 0.15) is 5.03 Å². The summed E-state index contributed by atoms with van der Waals surface area (Å²) in [5, 5.41) is 6.38. The molecule has 3 rings (SSSR count). The van der Waals surface area contributed by atoms with E-state index in [1.165, 1.54) is 22.9 Å². The van der Waals surface area contributed by atoms with Crippen LogP contribution in [0.1, 0.15) is 45.7 Å². The van der Waals surface area contributed by atoms with Crippen molar-refractivity contribution in [2.24, 2.45) is 0 Å². The van der Waals surface area contributed by atoms with Crippen molar-refractivity contribution in [2.45, 2.75) is 43.7 Å². The monoisotopic (exact) mass is 419 g/mol. The summed E-state index contributed by atoms with van der Waals surface area (Å²) in [7, 11) is 0. The first kappa shape index (κ1) is 21.6. The van der Waals surface area contributed by atoms with Crippen molar-refractivity contribution in [2.75, 3.05) is 5.32 Å². The van der Waals surface area contributed by atoms with Gasteiger partial charge in [0.25, 0.3) is 11.8 Å². The van der Waals surface area contributed by atoms with E-state index in [1.54, 1.807) is 42.6 Å². The number of benzene rings is 2. The molecular weight excluding hydrogens is 394 g/mol. The summed E-state index contributed by atoms with van der Waals surface area (Å²) in [5.41, 5.74) is 4.09. The van der Waals surface area contributed by atoms with E-state index in [4.69, 9.17) is 0 Å². The van der Waals surface area contributed by atoms with Gasteiger partial charge in [-0.3, -0.25) is 9.59 Å². The van der Waals surface area contributed by atoms with Gasteiger partial charge in [0.15, 0.2) is 0 Å². The zero-order valence-corrected chi connectivity index (χ0v) is 18.3. The molecule has 1 heterocycles. The second kappa shape index (κ2) is 9.59. The molecule has 6 heteroatoms. The molecule has 0 aliphatic rings. The first-order chi connectivity index (χ1) is 14.3. The van der Waals surface area contributed by atoms with Gasteiger partial charge < -0.3 is 10.6 Å². The number of nitrogens with zero attached hydrogens (tertiary/aromatic N) is 1. The number of nitrogens with one attached hydrogen (secondary N) is 2. The van der Waals surface area contributed by atoms with Crippen LogP contribution in [0, 0.1) is 13.8 Å². The standard InChI is InChI=1S/C24H25N3O2S/c1-15(2)26-22(28)18-8-10-19(11-9-18)27-23(29)21-6-5-13-25-24(21)30-20-12-7-16(3)17(4)14-20/h5-15H,1-4H3,(H,26,28)(H,27,29). The molecule has 154 valence electrons. The van der Waals surface area contributed by atoms with Gasteiger partial charge in [-0.15, -0.1) is 0 Å². The Kier molecular flexibility index (Phi) is 6.90. The molecule has 0 aliphatic heterocycles. The minimum Gasteiger partial charge on any atom is -0.350 e. The van der Waals surface area contributed by atoms with Crippen LogP contribution < -0.4 is 10.6 Å². The molecule has 0 saturated carbocycles. The Hall–Kier alpha value is -3.12. The Morgan fingerprint density at radius 1 is 0.933 bits per heavy atom. The van der Waals surface area contributed by atoms with Gasteiger partial charge in [-0.25, -0.2) is 4.98 Å². The topological polar surface area (TPSA) is 71.1 Å². The molecular formula is C24H25N3O2S. The van der Waals surface area contributed by atoms with Crippen LogP contribution in [0.25, 0.3) is 0 Å². The SMILES string of the molecule is Cc1ccc(Sc2ncccc2C(=O)Nc2ccc(C(=O)NC(C)C)cc2)cc1C. The number of carbonyl (C=O) groups excluding carboxylic acids is 2. The van der Waals surface area contributed by atoms with Crippen LogP contribution in [0.3, 0.4) is 0 Å². The van der Waals surface area contributed by atoms with Crippen molar-refractivity contribution >= 4 is 29.3 Å². The summed E-state index contributed by atoms with van der Waals surface area (Å²) in [6.07, 6.45) is 1.68. The molecule has 0 atom stereocenters. The Labute approximate surface area is 181 Å². The van der Waals surface area contributed by atoms with Gasteiger partial charge in [0.2, 0.25) is 0 Å². The lowest BCUT2D eigenvalue weighted by Crippen LogP contribution is -2.30. The van der Waals surface area contributed by atoms with E-state index in [2.05, 4.69) is 41.6 Å². The van der Waals surface area contributed by atoms with E-state index in [0.717, 1.165) is 4.90 Å². The number of rotatable bonds is 6. The third-order valence-electron chi connectivity index (χ3n) is 4.53. The largest absolute Gasteiger partial charge is 0.350 e. The van der Waals surface area contributed by atoms with Crippen molar-refractivity contribution in [3.63, 3.8) is 0 Å². The van der Waals surface area contributed by atoms with Gasteiger partial charge in [0.05, 0.1) is 5.56 Å². The number of aryl methyl sites for hydroxylation is 2. The van der Waals surface area contributed by atoms with Crippen LogP contribution in [0.5, 0.6) is 0 Å². The van der Waals surface area contributed by atoms with Crippen LogP contribution >= 0.6 is 11.8 Å². The van der Waals surface area contributed by atoms with Crippen LogP contribution in [0.15, 0.2) is 70.7 Å². The van der Waals surface area contributed by atoms with Crippen molar-refractivity contribution in [3.05, 3.63) is 83.0 Å². The third kappa shape index (κ3) is 5.48. The lowest BCUT2D eigenvalue weighted by Gasteiger charge is -2.11. The van der Waals surface area contributed by atoms with Gasteiger partial charge in [-0.1, -0.05) is 17.8 Å². The fourth-order valence-electron chi connectivity index (χ4n) is 2.78. The van der Waals surface area contributed by atoms with Crippen molar-refractivity contribution in [1.82, 2.24) is 10.3 Å². The fourth-order valence-corrected chi connectivity index (χ4v) is 3.76. The lowest BCUT2D eigenvalue weighted by atomic mass is 10.1. The summed E-state index contributed by atoms with van der Waals surface area (Å²) in [6.45, 7) is 7.96. The highest BCUT2D eigenvalue weighted by Crippen LogP contribution is 2.30. The Bertz CT molecular complexity index is 1060. The van der Waals surface area contributed by atoms with Gasteiger partial charge >= 0.3 is 0 Å². The molecule has 2 amide bonds. The smallest absolute Gasteiger partial charge is 0.258 e. The van der Waals surface area contributed by atoms with Gasteiger partial charge in [-0.2, -0.15) is 0 Å². The quantitative estimate of drug-likeness (QED) is 0.573. The highest BCUT2D eigenvalue weighted by atomic mass is 32.2. The molecule has 30 heavy (non-hydrogen) atoms. The molecule has 0 saturated heterocycles. The molecule has 2 aromatic carbocycles. The Morgan fingerprint density at radius 2 is 1.67 bits per heavy atom. The predicted molar refractivity (Wildman–Crippen MR) is 121 cm³/mol. The molecule has 0 bridgehead atoms. The van der Waals surface area contributed by atoms with E-state index in [-0.39, 0.29) is 17.9 Å². The van der Waals surface area contributed by atoms with E-state index in [0.29, 0.717) is 21.8 Å². The van der Waals surface area contributed by atoms with Gasteiger partial charge in [-0.05, 0) is 87.4 Å². The van der Waals surface area contributed by atoms with E-state index in [1.807, 2.05) is 19.9 Å². The van der Waals surface area contributed by atoms with Crippen molar-refractivity contribution < 1.29 is 9.59 Å². The second-order valence-electron chi connectivity index (χ2n) is 7.36. The average Bonchev–Trinajstić information content (AvgIpc) is 2.71. The number of carbonyl (C=O) groups is 2. The van der Waals surface area contributed by atoms with Crippen LogP contribution in [0.2, 0.25) is 0 Å². The molecule has 0 unspecified atom stereocenters. The van der Waals surface area contributed by atoms with E-state index in [9.17, 15) is 9.59 Å². The van der Waals surface area contributed by atoms with E-state index >= 15 is 0 Å². The normalized spacial score (nSPS) is 10.7. The molecule has 3 aromatic rings. The average molecular weight is 420 g/mol. The second-order valence-corrected chi connectivity index (χ2v) is 8.43. The zero-order valence-electron chi connectivity index (χ0n) is 17.5. The maximum Gasteiger partial charge on any atom is 0.258 e. The summed E-state index contributed by atoms with van der Waals surface area (Å²) in [5.74, 6) is -0.379. The zero-order chi connectivity index (χ0) is 21.7. The highest BCUT2D eigenvalue weighted by molar-refractivity contribution is 7.99. The first-order valence-corrected chi connectivity index (χ1v) is 10.6. The summed E-state index contributed by atoms with van der Waals surface area (Å²) in [4.78, 5) is 30.4. The molecule has 0 fully saturated rings. The molecule has 0 radical (unpaired) electrons. The molecule has 0 spiro atoms. The van der Waals surface area contributed by atoms with Crippen molar-refractivity contribution in [3.8, 4) is 0 Å². The summed E-state index contributed by atoms with van der Waals surface area (Å²) >= 11 is 1.46. The number of aromatic nitrogens is 1. The lowest BCUT2D eigenvalue weighted by molar-refractivity contribution is 0.0942. The Balaban J connectivity index is 1.74. The minimum atomic E-state index is -0.242. The third-order valence-corrected chi connectivity index (χ3v) is 5.54. The number of hydrogen-bond donors (Lipinski definition) is 2. The number of hydrogen-bond acceptors (Lipinski definition) is 4. The minimum absolute atomic E-state index is 0.0655. The molecule has 2 N–H and O–H groups in total. The molecule has 0 aliphatic carbocycles. The maximum atomic E-state index is 12.9. The highest BCUT2D eigenvalue weighted by Gasteiger charge is 2.15.